The minimum atomic E-state index is -0.674. The number of H-pyrrole nitrogens is 1. The highest BCUT2D eigenvalue weighted by Gasteiger charge is 2.24. The molecule has 0 bridgehead atoms. The molecule has 0 fully saturated rings. The van der Waals surface area contributed by atoms with Gasteiger partial charge < -0.3 is 14.5 Å². The highest BCUT2D eigenvalue weighted by Crippen LogP contribution is 2.20. The van der Waals surface area contributed by atoms with E-state index in [1.165, 1.54) is 18.0 Å². The number of ketones is 1. The van der Waals surface area contributed by atoms with Gasteiger partial charge in [-0.25, -0.2) is 19.3 Å². The third kappa shape index (κ3) is 3.79. The molecule has 9 heteroatoms. The number of aromatic nitrogens is 4. The summed E-state index contributed by atoms with van der Waals surface area (Å²) in [6.07, 6.45) is 2.99. The first-order valence-electron chi connectivity index (χ1n) is 8.79. The molecule has 0 saturated heterocycles. The summed E-state index contributed by atoms with van der Waals surface area (Å²) < 4.78 is 11.4. The lowest BCUT2D eigenvalue weighted by Crippen LogP contribution is -2.16. The van der Waals surface area contributed by atoms with E-state index in [-0.39, 0.29) is 11.3 Å². The molecular formula is C20H20N4O5. The van der Waals surface area contributed by atoms with E-state index in [1.54, 1.807) is 39.1 Å². The Morgan fingerprint density at radius 1 is 1.14 bits per heavy atom. The molecule has 0 saturated carbocycles. The second-order valence-electron chi connectivity index (χ2n) is 6.36. The maximum absolute atomic E-state index is 12.5. The molecule has 0 aliphatic heterocycles. The molecule has 0 atom stereocenters. The molecule has 0 spiro atoms. The van der Waals surface area contributed by atoms with Crippen LogP contribution in [-0.4, -0.2) is 51.2 Å². The van der Waals surface area contributed by atoms with E-state index in [1.807, 2.05) is 6.07 Å². The van der Waals surface area contributed by atoms with Gasteiger partial charge in [-0.2, -0.15) is 5.10 Å². The standard InChI is InChI=1S/C20H20N4O5/c1-11-17(20(27)28-4)12(2)23-18(11)15(25)10-29-19(26)14-9-22-24(13(14)3)16-7-5-6-8-21-16/h5-9,23H,10H2,1-4H3. The van der Waals surface area contributed by atoms with Gasteiger partial charge in [-0.3, -0.25) is 4.79 Å². The van der Waals surface area contributed by atoms with Crippen LogP contribution in [0.4, 0.5) is 0 Å². The SMILES string of the molecule is COC(=O)c1c(C)[nH]c(C(=O)COC(=O)c2cnn(-c3ccccn3)c2C)c1C. The van der Waals surface area contributed by atoms with E-state index < -0.39 is 24.3 Å². The number of ether oxygens (including phenoxy) is 2. The van der Waals surface area contributed by atoms with Gasteiger partial charge >= 0.3 is 11.9 Å². The molecule has 3 rings (SSSR count). The number of nitrogens with zero attached hydrogens (tertiary/aromatic N) is 3. The van der Waals surface area contributed by atoms with Crippen molar-refractivity contribution >= 4 is 17.7 Å². The minimum absolute atomic E-state index is 0.205. The number of aromatic amines is 1. The number of esters is 2. The van der Waals surface area contributed by atoms with Crippen LogP contribution in [0.15, 0.2) is 30.6 Å². The first-order chi connectivity index (χ1) is 13.8. The van der Waals surface area contributed by atoms with Crippen molar-refractivity contribution in [2.75, 3.05) is 13.7 Å². The fourth-order valence-corrected chi connectivity index (χ4v) is 3.04. The van der Waals surface area contributed by atoms with Crippen LogP contribution in [0.5, 0.6) is 0 Å². The Balaban J connectivity index is 1.73. The summed E-state index contributed by atoms with van der Waals surface area (Å²) in [6.45, 7) is 4.53. The summed E-state index contributed by atoms with van der Waals surface area (Å²) in [7, 11) is 1.27. The lowest BCUT2D eigenvalue weighted by molar-refractivity contribution is 0.0472. The molecule has 0 aliphatic carbocycles. The number of carbonyl (C=O) groups excluding carboxylic acids is 3. The van der Waals surface area contributed by atoms with Gasteiger partial charge in [0.2, 0.25) is 5.78 Å². The molecule has 150 valence electrons. The van der Waals surface area contributed by atoms with E-state index in [0.717, 1.165) is 0 Å². The van der Waals surface area contributed by atoms with Crippen molar-refractivity contribution in [2.45, 2.75) is 20.8 Å². The average molecular weight is 396 g/mol. The van der Waals surface area contributed by atoms with E-state index >= 15 is 0 Å². The van der Waals surface area contributed by atoms with Crippen LogP contribution < -0.4 is 0 Å². The zero-order chi connectivity index (χ0) is 21.1. The molecule has 1 N–H and O–H groups in total. The predicted octanol–water partition coefficient (Wildman–Crippen LogP) is 2.35. The van der Waals surface area contributed by atoms with E-state index in [9.17, 15) is 14.4 Å². The van der Waals surface area contributed by atoms with Crippen LogP contribution in [0.1, 0.15) is 48.2 Å². The third-order valence-electron chi connectivity index (χ3n) is 4.54. The van der Waals surface area contributed by atoms with Crippen molar-refractivity contribution in [1.82, 2.24) is 19.7 Å². The first-order valence-corrected chi connectivity index (χ1v) is 8.79. The van der Waals surface area contributed by atoms with Crippen molar-refractivity contribution < 1.29 is 23.9 Å². The van der Waals surface area contributed by atoms with Crippen LogP contribution in [0.2, 0.25) is 0 Å². The Morgan fingerprint density at radius 3 is 2.55 bits per heavy atom. The van der Waals surface area contributed by atoms with Gasteiger partial charge in [0.15, 0.2) is 12.4 Å². The highest BCUT2D eigenvalue weighted by atomic mass is 16.5. The van der Waals surface area contributed by atoms with Gasteiger partial charge in [0.05, 0.1) is 30.3 Å². The quantitative estimate of drug-likeness (QED) is 0.502. The van der Waals surface area contributed by atoms with Gasteiger partial charge in [-0.15, -0.1) is 0 Å². The van der Waals surface area contributed by atoms with Gasteiger partial charge in [0.25, 0.3) is 0 Å². The molecule has 3 heterocycles. The van der Waals surface area contributed by atoms with Crippen LogP contribution in [0.25, 0.3) is 5.82 Å². The van der Waals surface area contributed by atoms with E-state index in [2.05, 4.69) is 15.1 Å². The molecule has 3 aromatic heterocycles. The highest BCUT2D eigenvalue weighted by molar-refractivity contribution is 6.03. The number of nitrogens with one attached hydrogen (secondary N) is 1. The lowest BCUT2D eigenvalue weighted by Gasteiger charge is -2.05. The zero-order valence-electron chi connectivity index (χ0n) is 16.5. The van der Waals surface area contributed by atoms with Crippen molar-refractivity contribution in [3.63, 3.8) is 0 Å². The molecule has 9 nitrogen and oxygen atoms in total. The van der Waals surface area contributed by atoms with Crippen LogP contribution in [0.3, 0.4) is 0 Å². The topological polar surface area (TPSA) is 116 Å². The van der Waals surface area contributed by atoms with Crippen molar-refractivity contribution in [3.05, 3.63) is 64.4 Å². The fraction of sp³-hybridized carbons (Fsp3) is 0.250. The summed E-state index contributed by atoms with van der Waals surface area (Å²) in [5, 5.41) is 4.16. The second-order valence-corrected chi connectivity index (χ2v) is 6.36. The van der Waals surface area contributed by atoms with Gasteiger partial charge in [0.1, 0.15) is 5.56 Å². The summed E-state index contributed by atoms with van der Waals surface area (Å²) in [5.74, 6) is -1.10. The number of carbonyl (C=O) groups is 3. The number of rotatable bonds is 6. The van der Waals surface area contributed by atoms with E-state index in [4.69, 9.17) is 9.47 Å². The fourth-order valence-electron chi connectivity index (χ4n) is 3.04. The van der Waals surface area contributed by atoms with E-state index in [0.29, 0.717) is 28.3 Å². The van der Waals surface area contributed by atoms with Crippen LogP contribution >= 0.6 is 0 Å². The Bertz CT molecular complexity index is 1080. The number of hydrogen-bond donors (Lipinski definition) is 1. The van der Waals surface area contributed by atoms with Gasteiger partial charge in [-0.1, -0.05) is 6.07 Å². The monoisotopic (exact) mass is 396 g/mol. The normalized spacial score (nSPS) is 10.6. The number of pyridine rings is 1. The largest absolute Gasteiger partial charge is 0.465 e. The Kier molecular flexibility index (Phi) is 5.58. The molecular weight excluding hydrogens is 376 g/mol. The smallest absolute Gasteiger partial charge is 0.342 e. The predicted molar refractivity (Wildman–Crippen MR) is 102 cm³/mol. The minimum Gasteiger partial charge on any atom is -0.465 e. The summed E-state index contributed by atoms with van der Waals surface area (Å²) in [6, 6.07) is 5.34. The van der Waals surface area contributed by atoms with Crippen LogP contribution in [0, 0.1) is 20.8 Å². The molecule has 29 heavy (non-hydrogen) atoms. The third-order valence-corrected chi connectivity index (χ3v) is 4.54. The number of aryl methyl sites for hydroxylation is 1. The second kappa shape index (κ2) is 8.09. The number of Topliss-reactive ketones (excluding diaryl/α,β-unsaturated/α-hetero) is 1. The number of methoxy groups -OCH3 is 1. The lowest BCUT2D eigenvalue weighted by atomic mass is 10.1. The van der Waals surface area contributed by atoms with Gasteiger partial charge in [0, 0.05) is 11.9 Å². The Morgan fingerprint density at radius 2 is 1.90 bits per heavy atom. The maximum Gasteiger partial charge on any atom is 0.342 e. The molecule has 3 aromatic rings. The maximum atomic E-state index is 12.5. The summed E-state index contributed by atoms with van der Waals surface area (Å²) >= 11 is 0. The zero-order valence-corrected chi connectivity index (χ0v) is 16.5. The first kappa shape index (κ1) is 20.0. The van der Waals surface area contributed by atoms with Crippen molar-refractivity contribution in [1.29, 1.82) is 0 Å². The summed E-state index contributed by atoms with van der Waals surface area (Å²) in [5.41, 5.74) is 2.25. The van der Waals surface area contributed by atoms with Crippen molar-refractivity contribution in [2.24, 2.45) is 0 Å². The Labute approximate surface area is 166 Å². The Hall–Kier alpha value is -3.75. The molecule has 0 unspecified atom stereocenters. The molecule has 0 aromatic carbocycles. The number of hydrogen-bond acceptors (Lipinski definition) is 7. The molecule has 0 amide bonds. The molecule has 0 aliphatic rings. The van der Waals surface area contributed by atoms with Crippen LogP contribution in [-0.2, 0) is 9.47 Å². The van der Waals surface area contributed by atoms with Gasteiger partial charge in [-0.05, 0) is 38.5 Å². The van der Waals surface area contributed by atoms with Crippen molar-refractivity contribution in [3.8, 4) is 5.82 Å². The summed E-state index contributed by atoms with van der Waals surface area (Å²) in [4.78, 5) is 43.8. The average Bonchev–Trinajstić information content (AvgIpc) is 3.25. The molecule has 0 radical (unpaired) electrons.